The van der Waals surface area contributed by atoms with Crippen molar-refractivity contribution in [1.29, 1.82) is 0 Å². The van der Waals surface area contributed by atoms with Crippen molar-refractivity contribution in [1.82, 2.24) is 0 Å². The van der Waals surface area contributed by atoms with Crippen LogP contribution in [-0.2, 0) is 4.79 Å². The molecular formula is C7H10O. The number of carbonyl (C=O) groups excluding carboxylic acids is 1. The van der Waals surface area contributed by atoms with Crippen molar-refractivity contribution in [3.05, 3.63) is 12.1 Å². The Balaban J connectivity index is 2.67. The Morgan fingerprint density at radius 2 is 2.75 bits per heavy atom. The van der Waals surface area contributed by atoms with Crippen molar-refractivity contribution < 1.29 is 6.17 Å². The molecule has 44 valence electrons. The SMILES string of the molecule is [2H]C1=CC(=O)CC(C)C1. The van der Waals surface area contributed by atoms with Gasteiger partial charge in [0, 0.05) is 6.42 Å². The van der Waals surface area contributed by atoms with Crippen molar-refractivity contribution in [2.45, 2.75) is 19.8 Å². The first-order valence-corrected chi connectivity index (χ1v) is 2.88. The highest BCUT2D eigenvalue weighted by molar-refractivity contribution is 5.90. The highest BCUT2D eigenvalue weighted by atomic mass is 16.1. The van der Waals surface area contributed by atoms with Gasteiger partial charge in [-0.05, 0) is 18.4 Å². The normalized spacial score (nSPS) is 31.6. The monoisotopic (exact) mass is 111 g/mol. The minimum atomic E-state index is 0.110. The topological polar surface area (TPSA) is 17.1 Å². The van der Waals surface area contributed by atoms with Gasteiger partial charge < -0.3 is 0 Å². The molecule has 0 fully saturated rings. The molecule has 8 heavy (non-hydrogen) atoms. The summed E-state index contributed by atoms with van der Waals surface area (Å²) in [5, 5.41) is 0. The molecular weight excluding hydrogens is 100 g/mol. The molecule has 0 heterocycles. The number of carbonyl (C=O) groups is 1. The molecule has 0 saturated carbocycles. The summed E-state index contributed by atoms with van der Waals surface area (Å²) in [5.41, 5.74) is 0. The second-order valence-corrected chi connectivity index (χ2v) is 2.33. The van der Waals surface area contributed by atoms with E-state index in [9.17, 15) is 4.79 Å². The maximum atomic E-state index is 10.7. The van der Waals surface area contributed by atoms with Gasteiger partial charge in [0.25, 0.3) is 0 Å². The molecule has 0 amide bonds. The largest absolute Gasteiger partial charge is 0.295 e. The molecule has 0 radical (unpaired) electrons. The van der Waals surface area contributed by atoms with Gasteiger partial charge in [0.1, 0.15) is 0 Å². The number of ketones is 1. The van der Waals surface area contributed by atoms with Crippen LogP contribution in [0.15, 0.2) is 12.1 Å². The number of allylic oxidation sites excluding steroid dienone is 2. The molecule has 0 bridgehead atoms. The van der Waals surface area contributed by atoms with Crippen LogP contribution in [-0.4, -0.2) is 5.78 Å². The van der Waals surface area contributed by atoms with Crippen molar-refractivity contribution in [3.63, 3.8) is 0 Å². The molecule has 0 aromatic rings. The van der Waals surface area contributed by atoms with Gasteiger partial charge in [0.2, 0.25) is 0 Å². The summed E-state index contributed by atoms with van der Waals surface area (Å²) in [5.74, 6) is 0.494. The Hall–Kier alpha value is -0.590. The van der Waals surface area contributed by atoms with E-state index in [1.807, 2.05) is 6.92 Å². The second-order valence-electron chi connectivity index (χ2n) is 2.33. The summed E-state index contributed by atoms with van der Waals surface area (Å²) in [7, 11) is 0. The summed E-state index contributed by atoms with van der Waals surface area (Å²) >= 11 is 0. The van der Waals surface area contributed by atoms with E-state index in [1.54, 1.807) is 0 Å². The minimum Gasteiger partial charge on any atom is -0.295 e. The maximum absolute atomic E-state index is 10.7. The second kappa shape index (κ2) is 2.12. The van der Waals surface area contributed by atoms with Gasteiger partial charge in [-0.15, -0.1) is 0 Å². The summed E-state index contributed by atoms with van der Waals surface area (Å²) in [6.07, 6.45) is 2.83. The maximum Gasteiger partial charge on any atom is 0.155 e. The smallest absolute Gasteiger partial charge is 0.155 e. The van der Waals surface area contributed by atoms with Crippen LogP contribution in [0.2, 0.25) is 0 Å². The molecule has 1 aliphatic rings. The van der Waals surface area contributed by atoms with E-state index in [2.05, 4.69) is 0 Å². The number of rotatable bonds is 0. The van der Waals surface area contributed by atoms with Gasteiger partial charge in [-0.25, -0.2) is 0 Å². The lowest BCUT2D eigenvalue weighted by Crippen LogP contribution is -2.05. The molecule has 0 saturated heterocycles. The zero-order valence-electron chi connectivity index (χ0n) is 5.98. The van der Waals surface area contributed by atoms with Gasteiger partial charge in [-0.3, -0.25) is 4.79 Å². The van der Waals surface area contributed by atoms with Gasteiger partial charge in [0.15, 0.2) is 5.78 Å². The third kappa shape index (κ3) is 1.19. The van der Waals surface area contributed by atoms with Crippen molar-refractivity contribution in [2.75, 3.05) is 0 Å². The Labute approximate surface area is 50.8 Å². The van der Waals surface area contributed by atoms with E-state index in [-0.39, 0.29) is 5.78 Å². The van der Waals surface area contributed by atoms with E-state index in [0.717, 1.165) is 6.42 Å². The van der Waals surface area contributed by atoms with Crippen LogP contribution in [0.4, 0.5) is 0 Å². The first-order chi connectivity index (χ1) is 4.18. The molecule has 0 N–H and O–H groups in total. The average Bonchev–Trinajstić information content (AvgIpc) is 1.59. The van der Waals surface area contributed by atoms with E-state index in [4.69, 9.17) is 1.37 Å². The fraction of sp³-hybridized carbons (Fsp3) is 0.571. The molecule has 1 aliphatic carbocycles. The van der Waals surface area contributed by atoms with Crippen molar-refractivity contribution >= 4 is 5.78 Å². The molecule has 1 heteroatoms. The van der Waals surface area contributed by atoms with E-state index < -0.39 is 0 Å². The van der Waals surface area contributed by atoms with Crippen LogP contribution in [0.25, 0.3) is 0 Å². The zero-order valence-corrected chi connectivity index (χ0v) is 4.98. The van der Waals surface area contributed by atoms with Gasteiger partial charge in [-0.2, -0.15) is 0 Å². The van der Waals surface area contributed by atoms with Crippen molar-refractivity contribution in [3.8, 4) is 0 Å². The van der Waals surface area contributed by atoms with Crippen LogP contribution in [0.1, 0.15) is 21.1 Å². The molecule has 0 aliphatic heterocycles. The van der Waals surface area contributed by atoms with Gasteiger partial charge in [0.05, 0.1) is 1.37 Å². The first-order valence-electron chi connectivity index (χ1n) is 3.38. The predicted molar refractivity (Wildman–Crippen MR) is 32.5 cm³/mol. The average molecular weight is 111 g/mol. The Morgan fingerprint density at radius 1 is 2.00 bits per heavy atom. The van der Waals surface area contributed by atoms with Crippen LogP contribution in [0.5, 0.6) is 0 Å². The quantitative estimate of drug-likeness (QED) is 0.463. The Morgan fingerprint density at radius 3 is 3.25 bits per heavy atom. The molecule has 0 aromatic heterocycles. The van der Waals surface area contributed by atoms with Crippen LogP contribution < -0.4 is 0 Å². The lowest BCUT2D eigenvalue weighted by atomic mass is 9.96. The molecule has 1 rings (SSSR count). The Bertz CT molecular complexity index is 160. The molecule has 1 nitrogen and oxygen atoms in total. The summed E-state index contributed by atoms with van der Waals surface area (Å²) in [6, 6.07) is 0.485. The lowest BCUT2D eigenvalue weighted by Gasteiger charge is -2.08. The molecule has 0 aromatic carbocycles. The van der Waals surface area contributed by atoms with E-state index in [0.29, 0.717) is 18.4 Å². The van der Waals surface area contributed by atoms with E-state index >= 15 is 0 Å². The Kier molecular flexibility index (Phi) is 1.14. The fourth-order valence-electron chi connectivity index (χ4n) is 0.848. The van der Waals surface area contributed by atoms with E-state index in [1.165, 1.54) is 6.08 Å². The highest BCUT2D eigenvalue weighted by Gasteiger charge is 2.08. The lowest BCUT2D eigenvalue weighted by molar-refractivity contribution is -0.115. The summed E-state index contributed by atoms with van der Waals surface area (Å²) < 4.78 is 7.17. The van der Waals surface area contributed by atoms with Crippen LogP contribution in [0.3, 0.4) is 0 Å². The molecule has 1 atom stereocenters. The third-order valence-electron chi connectivity index (χ3n) is 1.28. The number of hydrogen-bond donors (Lipinski definition) is 0. The van der Waals surface area contributed by atoms with Gasteiger partial charge in [-0.1, -0.05) is 13.0 Å². The number of hydrogen-bond acceptors (Lipinski definition) is 1. The van der Waals surface area contributed by atoms with Crippen LogP contribution in [0, 0.1) is 5.92 Å². The fourth-order valence-corrected chi connectivity index (χ4v) is 0.848. The third-order valence-corrected chi connectivity index (χ3v) is 1.28. The standard InChI is InChI=1S/C7H10O/c1-6-3-2-4-7(8)5-6/h2,4,6H,3,5H2,1H3/i2D. The van der Waals surface area contributed by atoms with Crippen LogP contribution >= 0.6 is 0 Å². The summed E-state index contributed by atoms with van der Waals surface area (Å²) in [4.78, 5) is 10.7. The molecule has 1 unspecified atom stereocenters. The van der Waals surface area contributed by atoms with Gasteiger partial charge >= 0.3 is 0 Å². The zero-order chi connectivity index (χ0) is 6.85. The summed E-state index contributed by atoms with van der Waals surface area (Å²) in [6.45, 7) is 2.00. The minimum absolute atomic E-state index is 0.110. The first kappa shape index (κ1) is 4.30. The highest BCUT2D eigenvalue weighted by Crippen LogP contribution is 2.13. The van der Waals surface area contributed by atoms with Crippen molar-refractivity contribution in [2.24, 2.45) is 5.92 Å². The predicted octanol–water partition coefficient (Wildman–Crippen LogP) is 1.54. The molecule has 0 spiro atoms.